The van der Waals surface area contributed by atoms with Gasteiger partial charge in [-0.2, -0.15) is 0 Å². The highest BCUT2D eigenvalue weighted by molar-refractivity contribution is 5.79. The van der Waals surface area contributed by atoms with Gasteiger partial charge in [-0.1, -0.05) is 24.3 Å². The fourth-order valence-corrected chi connectivity index (χ4v) is 5.53. The molecule has 164 valence electrons. The molecule has 3 aliphatic heterocycles. The highest BCUT2D eigenvalue weighted by atomic mass is 16.5. The van der Waals surface area contributed by atoms with Crippen LogP contribution in [0.2, 0.25) is 0 Å². The van der Waals surface area contributed by atoms with Crippen LogP contribution in [0.1, 0.15) is 24.0 Å². The molecular formula is C24H26N6O2. The number of hydrogen-bond donors (Lipinski definition) is 0. The van der Waals surface area contributed by atoms with E-state index in [4.69, 9.17) is 19.4 Å². The van der Waals surface area contributed by atoms with Gasteiger partial charge >= 0.3 is 0 Å². The van der Waals surface area contributed by atoms with Crippen molar-refractivity contribution in [2.75, 3.05) is 52.6 Å². The molecule has 2 atom stereocenters. The maximum absolute atomic E-state index is 5.69. The summed E-state index contributed by atoms with van der Waals surface area (Å²) in [5.74, 6) is 2.17. The third kappa shape index (κ3) is 2.70. The predicted octanol–water partition coefficient (Wildman–Crippen LogP) is 2.46. The van der Waals surface area contributed by atoms with Crippen LogP contribution in [0.25, 0.3) is 22.1 Å². The number of fused-ring (bicyclic) bond motifs is 6. The number of aromatic nitrogens is 4. The molecule has 0 N–H and O–H groups in total. The normalized spacial score (nSPS) is 24.6. The summed E-state index contributed by atoms with van der Waals surface area (Å²) in [6.07, 6.45) is -0.0167. The van der Waals surface area contributed by atoms with Crippen LogP contribution in [0, 0.1) is 0 Å². The van der Waals surface area contributed by atoms with Crippen LogP contribution in [-0.2, 0) is 9.47 Å². The molecular weight excluding hydrogens is 404 g/mol. The van der Waals surface area contributed by atoms with Gasteiger partial charge in [0.2, 0.25) is 0 Å². The fraction of sp³-hybridized carbons (Fsp3) is 0.417. The molecule has 7 rings (SSSR count). The Balaban J connectivity index is 1.53. The molecule has 2 fully saturated rings. The third-order valence-electron chi connectivity index (χ3n) is 6.98. The maximum atomic E-state index is 5.69. The van der Waals surface area contributed by atoms with Crippen molar-refractivity contribution in [1.82, 2.24) is 28.9 Å². The summed E-state index contributed by atoms with van der Waals surface area (Å²) in [5, 5.41) is 0. The van der Waals surface area contributed by atoms with E-state index >= 15 is 0 Å². The van der Waals surface area contributed by atoms with Gasteiger partial charge < -0.3 is 18.6 Å². The summed E-state index contributed by atoms with van der Waals surface area (Å²) in [6, 6.07) is 17.0. The topological polar surface area (TPSA) is 60.6 Å². The zero-order chi connectivity index (χ0) is 21.1. The highest BCUT2D eigenvalue weighted by Crippen LogP contribution is 2.42. The van der Waals surface area contributed by atoms with E-state index in [-0.39, 0.29) is 12.3 Å². The molecule has 32 heavy (non-hydrogen) atoms. The number of ether oxygens (including phenoxy) is 2. The summed E-state index contributed by atoms with van der Waals surface area (Å²) in [4.78, 5) is 15.4. The first kappa shape index (κ1) is 18.8. The molecule has 5 heterocycles. The fourth-order valence-electron chi connectivity index (χ4n) is 5.53. The first-order valence-electron chi connectivity index (χ1n) is 11.5. The van der Waals surface area contributed by atoms with Crippen LogP contribution >= 0.6 is 0 Å². The number of benzene rings is 2. The van der Waals surface area contributed by atoms with E-state index in [1.165, 1.54) is 0 Å². The molecule has 2 aromatic carbocycles. The lowest BCUT2D eigenvalue weighted by molar-refractivity contribution is -0.0157. The summed E-state index contributed by atoms with van der Waals surface area (Å²) < 4.78 is 16.3. The Kier molecular flexibility index (Phi) is 4.33. The van der Waals surface area contributed by atoms with Crippen molar-refractivity contribution in [1.29, 1.82) is 0 Å². The monoisotopic (exact) mass is 430 g/mol. The molecule has 0 spiro atoms. The van der Waals surface area contributed by atoms with Gasteiger partial charge in [0.1, 0.15) is 24.0 Å². The van der Waals surface area contributed by atoms with Gasteiger partial charge in [0, 0.05) is 26.2 Å². The zero-order valence-electron chi connectivity index (χ0n) is 17.9. The highest BCUT2D eigenvalue weighted by Gasteiger charge is 2.42. The smallest absolute Gasteiger partial charge is 0.150 e. The molecule has 2 aromatic heterocycles. The lowest BCUT2D eigenvalue weighted by Gasteiger charge is -2.43. The summed E-state index contributed by atoms with van der Waals surface area (Å²) >= 11 is 0. The number of para-hydroxylation sites is 4. The van der Waals surface area contributed by atoms with Crippen molar-refractivity contribution < 1.29 is 9.47 Å². The molecule has 0 unspecified atom stereocenters. The molecule has 8 heteroatoms. The minimum atomic E-state index is -0.00834. The van der Waals surface area contributed by atoms with E-state index in [1.807, 2.05) is 0 Å². The molecule has 8 nitrogen and oxygen atoms in total. The Morgan fingerprint density at radius 1 is 0.594 bits per heavy atom. The SMILES string of the molecule is c1ccc2c(c1)nc1n2[C@@H](N2CCOCC2)c2nc3ccccc3n2[C@H]1N1CCOCC1. The van der Waals surface area contributed by atoms with Crippen LogP contribution in [-0.4, -0.2) is 81.5 Å². The standard InChI is InChI=1S/C24H26N6O2/c1-3-7-19-17(5-1)25-21-23(27-9-13-31-14-10-27)30-20-8-4-2-6-18(20)26-22(30)24(29(19)21)28-11-15-32-16-12-28/h1-8,23-24H,9-16H2/t23-,24-/m1/s1. The largest absolute Gasteiger partial charge is 0.379 e. The minimum absolute atomic E-state index is 0.00834. The van der Waals surface area contributed by atoms with Gasteiger partial charge in [-0.15, -0.1) is 0 Å². The Bertz CT molecular complexity index is 1180. The maximum Gasteiger partial charge on any atom is 0.150 e. The molecule has 0 aliphatic carbocycles. The van der Waals surface area contributed by atoms with Gasteiger partial charge in [-0.05, 0) is 24.3 Å². The second-order valence-electron chi connectivity index (χ2n) is 8.70. The lowest BCUT2D eigenvalue weighted by Crippen LogP contribution is -2.50. The minimum Gasteiger partial charge on any atom is -0.379 e. The Morgan fingerprint density at radius 3 is 1.44 bits per heavy atom. The van der Waals surface area contributed by atoms with Crippen molar-refractivity contribution >= 4 is 22.1 Å². The van der Waals surface area contributed by atoms with Crippen molar-refractivity contribution in [2.24, 2.45) is 0 Å². The Hall–Kier alpha value is -2.78. The summed E-state index contributed by atoms with van der Waals surface area (Å²) in [6.45, 7) is 6.47. The van der Waals surface area contributed by atoms with Crippen molar-refractivity contribution in [3.8, 4) is 0 Å². The number of hydrogen-bond acceptors (Lipinski definition) is 6. The molecule has 0 bridgehead atoms. The third-order valence-corrected chi connectivity index (χ3v) is 6.98. The second kappa shape index (κ2) is 7.38. The molecule has 4 aromatic rings. The number of imidazole rings is 2. The van der Waals surface area contributed by atoms with Gasteiger partial charge in [-0.3, -0.25) is 9.80 Å². The predicted molar refractivity (Wildman–Crippen MR) is 121 cm³/mol. The van der Waals surface area contributed by atoms with Crippen molar-refractivity contribution in [3.63, 3.8) is 0 Å². The van der Waals surface area contributed by atoms with Crippen molar-refractivity contribution in [2.45, 2.75) is 12.3 Å². The average Bonchev–Trinajstić information content (AvgIpc) is 3.42. The van der Waals surface area contributed by atoms with Crippen molar-refractivity contribution in [3.05, 3.63) is 60.2 Å². The van der Waals surface area contributed by atoms with Gasteiger partial charge in [0.05, 0.1) is 48.5 Å². The molecule has 0 amide bonds. The molecule has 2 saturated heterocycles. The van der Waals surface area contributed by atoms with E-state index in [1.54, 1.807) is 0 Å². The van der Waals surface area contributed by atoms with Crippen LogP contribution in [0.5, 0.6) is 0 Å². The van der Waals surface area contributed by atoms with E-state index in [0.717, 1.165) is 86.3 Å². The van der Waals surface area contributed by atoms with Gasteiger partial charge in [0.15, 0.2) is 0 Å². The van der Waals surface area contributed by atoms with E-state index < -0.39 is 0 Å². The van der Waals surface area contributed by atoms with Crippen LogP contribution < -0.4 is 0 Å². The van der Waals surface area contributed by atoms with Gasteiger partial charge in [0.25, 0.3) is 0 Å². The number of morpholine rings is 2. The van der Waals surface area contributed by atoms with E-state index in [9.17, 15) is 0 Å². The average molecular weight is 431 g/mol. The lowest BCUT2D eigenvalue weighted by atomic mass is 10.2. The zero-order valence-corrected chi connectivity index (χ0v) is 17.9. The van der Waals surface area contributed by atoms with E-state index in [2.05, 4.69) is 67.5 Å². The second-order valence-corrected chi connectivity index (χ2v) is 8.70. The number of nitrogens with zero attached hydrogens (tertiary/aromatic N) is 6. The quantitative estimate of drug-likeness (QED) is 0.487. The first-order valence-corrected chi connectivity index (χ1v) is 11.5. The first-order chi connectivity index (χ1) is 15.9. The van der Waals surface area contributed by atoms with Crippen LogP contribution in [0.4, 0.5) is 0 Å². The Morgan fingerprint density at radius 2 is 1.00 bits per heavy atom. The molecule has 3 aliphatic rings. The summed E-state index contributed by atoms with van der Waals surface area (Å²) in [5.41, 5.74) is 4.40. The summed E-state index contributed by atoms with van der Waals surface area (Å²) in [7, 11) is 0. The molecule has 0 radical (unpaired) electrons. The van der Waals surface area contributed by atoms with Crippen LogP contribution in [0.15, 0.2) is 48.5 Å². The van der Waals surface area contributed by atoms with Gasteiger partial charge in [-0.25, -0.2) is 9.97 Å². The van der Waals surface area contributed by atoms with Crippen LogP contribution in [0.3, 0.4) is 0 Å². The Labute approximate surface area is 186 Å². The number of rotatable bonds is 2. The molecule has 0 saturated carbocycles. The van der Waals surface area contributed by atoms with E-state index in [0.29, 0.717) is 0 Å².